The number of carbonyl (C=O) groups excluding carboxylic acids is 2. The first-order valence-corrected chi connectivity index (χ1v) is 9.32. The maximum atomic E-state index is 12.6. The Kier molecular flexibility index (Phi) is 5.42. The molecule has 2 heterocycles. The summed E-state index contributed by atoms with van der Waals surface area (Å²) in [6, 6.07) is 9.51. The fourth-order valence-electron chi connectivity index (χ4n) is 4.21. The molecular weight excluding hydrogens is 316 g/mol. The van der Waals surface area contributed by atoms with Crippen molar-refractivity contribution >= 4 is 11.9 Å². The minimum atomic E-state index is -0.349. The van der Waals surface area contributed by atoms with Crippen LogP contribution in [0.4, 0.5) is 0 Å². The number of likely N-dealkylation sites (tertiary alicyclic amines) is 2. The number of esters is 1. The summed E-state index contributed by atoms with van der Waals surface area (Å²) >= 11 is 0. The van der Waals surface area contributed by atoms with Gasteiger partial charge in [0.05, 0.1) is 6.61 Å². The van der Waals surface area contributed by atoms with E-state index in [0.717, 1.165) is 44.6 Å². The maximum absolute atomic E-state index is 12.6. The minimum absolute atomic E-state index is 0.0967. The molecule has 2 fully saturated rings. The smallest absolute Gasteiger partial charge is 0.327 e. The van der Waals surface area contributed by atoms with E-state index in [1.165, 1.54) is 0 Å². The lowest BCUT2D eigenvalue weighted by molar-refractivity contribution is -0.151. The Morgan fingerprint density at radius 2 is 1.88 bits per heavy atom. The van der Waals surface area contributed by atoms with Crippen molar-refractivity contribution in [3.8, 4) is 0 Å². The van der Waals surface area contributed by atoms with Crippen LogP contribution in [0.25, 0.3) is 0 Å². The Morgan fingerprint density at radius 1 is 1.20 bits per heavy atom. The summed E-state index contributed by atoms with van der Waals surface area (Å²) in [5.74, 6) is 0.100. The summed E-state index contributed by atoms with van der Waals surface area (Å²) in [5.41, 5.74) is 1.08. The van der Waals surface area contributed by atoms with Gasteiger partial charge in [0.15, 0.2) is 0 Å². The first kappa shape index (κ1) is 17.9. The normalized spacial score (nSPS) is 21.5. The highest BCUT2D eigenvalue weighted by atomic mass is 16.5. The first-order valence-electron chi connectivity index (χ1n) is 9.32. The molecule has 5 nitrogen and oxygen atoms in total. The van der Waals surface area contributed by atoms with E-state index in [1.54, 1.807) is 0 Å². The molecule has 2 saturated heterocycles. The lowest BCUT2D eigenvalue weighted by Crippen LogP contribution is -2.45. The van der Waals surface area contributed by atoms with E-state index in [1.807, 2.05) is 49.1 Å². The zero-order valence-corrected chi connectivity index (χ0v) is 15.2. The van der Waals surface area contributed by atoms with Gasteiger partial charge in [0, 0.05) is 19.5 Å². The first-order chi connectivity index (χ1) is 12.1. The Balaban J connectivity index is 1.72. The van der Waals surface area contributed by atoms with Gasteiger partial charge >= 0.3 is 5.97 Å². The van der Waals surface area contributed by atoms with E-state index < -0.39 is 0 Å². The molecular formula is C20H28N2O3. The summed E-state index contributed by atoms with van der Waals surface area (Å²) in [4.78, 5) is 28.9. The summed E-state index contributed by atoms with van der Waals surface area (Å²) in [7, 11) is 0. The molecule has 25 heavy (non-hydrogen) atoms. The van der Waals surface area contributed by atoms with Crippen molar-refractivity contribution in [3.63, 3.8) is 0 Å². The van der Waals surface area contributed by atoms with E-state index in [0.29, 0.717) is 13.0 Å². The Labute approximate surface area is 149 Å². The SMILES string of the molecule is CCOC(=O)[C@H](c1ccccc1)N1CCC2(CC1)CC(=O)N(CC)C2. The number of nitrogens with zero attached hydrogens (tertiary/aromatic N) is 2. The van der Waals surface area contributed by atoms with Gasteiger partial charge in [-0.1, -0.05) is 30.3 Å². The van der Waals surface area contributed by atoms with Crippen LogP contribution in [0.3, 0.4) is 0 Å². The Bertz CT molecular complexity index is 609. The molecule has 0 saturated carbocycles. The van der Waals surface area contributed by atoms with Crippen molar-refractivity contribution < 1.29 is 14.3 Å². The standard InChI is InChI=1S/C20H28N2O3/c1-3-21-15-20(14-17(21)23)10-12-22(13-11-20)18(19(24)25-4-2)16-8-6-5-7-9-16/h5-9,18H,3-4,10-15H2,1-2H3/t18-/m0/s1. The number of carbonyl (C=O) groups is 2. The number of piperidine rings is 1. The van der Waals surface area contributed by atoms with Crippen LogP contribution in [0.1, 0.15) is 44.7 Å². The molecule has 0 N–H and O–H groups in total. The molecule has 0 bridgehead atoms. The molecule has 1 amide bonds. The average molecular weight is 344 g/mol. The van der Waals surface area contributed by atoms with E-state index in [2.05, 4.69) is 4.90 Å². The third-order valence-electron chi connectivity index (χ3n) is 5.64. The summed E-state index contributed by atoms with van der Waals surface area (Å²) in [6.07, 6.45) is 2.57. The third kappa shape index (κ3) is 3.71. The molecule has 0 radical (unpaired) electrons. The van der Waals surface area contributed by atoms with Crippen LogP contribution >= 0.6 is 0 Å². The zero-order chi connectivity index (χ0) is 17.9. The molecule has 1 atom stereocenters. The van der Waals surface area contributed by atoms with Gasteiger partial charge in [-0.15, -0.1) is 0 Å². The van der Waals surface area contributed by atoms with Crippen molar-refractivity contribution in [1.29, 1.82) is 0 Å². The predicted molar refractivity (Wildman–Crippen MR) is 95.9 cm³/mol. The number of benzene rings is 1. The largest absolute Gasteiger partial charge is 0.465 e. The van der Waals surface area contributed by atoms with Gasteiger partial charge in [-0.3, -0.25) is 9.69 Å². The molecule has 0 aliphatic carbocycles. The quantitative estimate of drug-likeness (QED) is 0.771. The average Bonchev–Trinajstić information content (AvgIpc) is 2.93. The number of hydrogen-bond acceptors (Lipinski definition) is 4. The van der Waals surface area contributed by atoms with Crippen LogP contribution in [0.5, 0.6) is 0 Å². The molecule has 3 rings (SSSR count). The van der Waals surface area contributed by atoms with Crippen molar-refractivity contribution in [2.75, 3.05) is 32.8 Å². The minimum Gasteiger partial charge on any atom is -0.465 e. The predicted octanol–water partition coefficient (Wildman–Crippen LogP) is 2.63. The number of rotatable bonds is 5. The van der Waals surface area contributed by atoms with E-state index in [-0.39, 0.29) is 23.3 Å². The van der Waals surface area contributed by atoms with Gasteiger partial charge in [0.25, 0.3) is 0 Å². The number of hydrogen-bond donors (Lipinski definition) is 0. The molecule has 2 aliphatic heterocycles. The van der Waals surface area contributed by atoms with Crippen molar-refractivity contribution in [2.24, 2.45) is 5.41 Å². The third-order valence-corrected chi connectivity index (χ3v) is 5.64. The summed E-state index contributed by atoms with van der Waals surface area (Å²) in [6.45, 7) is 7.57. The fraction of sp³-hybridized carbons (Fsp3) is 0.600. The lowest BCUT2D eigenvalue weighted by atomic mass is 9.77. The summed E-state index contributed by atoms with van der Waals surface area (Å²) in [5, 5.41) is 0. The fourth-order valence-corrected chi connectivity index (χ4v) is 4.21. The molecule has 136 valence electrons. The number of amides is 1. The molecule has 1 spiro atoms. The van der Waals surface area contributed by atoms with Gasteiger partial charge < -0.3 is 9.64 Å². The second-order valence-corrected chi connectivity index (χ2v) is 7.19. The van der Waals surface area contributed by atoms with Crippen LogP contribution in [-0.2, 0) is 14.3 Å². The van der Waals surface area contributed by atoms with Gasteiger partial charge in [0.1, 0.15) is 6.04 Å². The van der Waals surface area contributed by atoms with Gasteiger partial charge in [-0.2, -0.15) is 0 Å². The highest BCUT2D eigenvalue weighted by molar-refractivity contribution is 5.79. The highest BCUT2D eigenvalue weighted by Gasteiger charge is 2.45. The van der Waals surface area contributed by atoms with Gasteiger partial charge in [0.2, 0.25) is 5.91 Å². The van der Waals surface area contributed by atoms with Gasteiger partial charge in [-0.05, 0) is 50.8 Å². The molecule has 1 aromatic carbocycles. The van der Waals surface area contributed by atoms with Crippen LogP contribution in [0.15, 0.2) is 30.3 Å². The highest BCUT2D eigenvalue weighted by Crippen LogP contribution is 2.42. The lowest BCUT2D eigenvalue weighted by Gasteiger charge is -2.41. The van der Waals surface area contributed by atoms with E-state index in [4.69, 9.17) is 4.74 Å². The van der Waals surface area contributed by atoms with Crippen LogP contribution < -0.4 is 0 Å². The van der Waals surface area contributed by atoms with Crippen molar-refractivity contribution in [2.45, 2.75) is 39.2 Å². The van der Waals surface area contributed by atoms with Crippen LogP contribution in [0.2, 0.25) is 0 Å². The number of ether oxygens (including phenoxy) is 1. The molecule has 1 aromatic rings. The molecule has 2 aliphatic rings. The summed E-state index contributed by atoms with van der Waals surface area (Å²) < 4.78 is 5.34. The topological polar surface area (TPSA) is 49.9 Å². The zero-order valence-electron chi connectivity index (χ0n) is 15.2. The molecule has 5 heteroatoms. The van der Waals surface area contributed by atoms with Crippen LogP contribution in [0, 0.1) is 5.41 Å². The van der Waals surface area contributed by atoms with E-state index >= 15 is 0 Å². The second kappa shape index (κ2) is 7.56. The van der Waals surface area contributed by atoms with Crippen molar-refractivity contribution in [3.05, 3.63) is 35.9 Å². The van der Waals surface area contributed by atoms with E-state index in [9.17, 15) is 9.59 Å². The monoisotopic (exact) mass is 344 g/mol. The van der Waals surface area contributed by atoms with Gasteiger partial charge in [-0.25, -0.2) is 4.79 Å². The molecule has 0 aromatic heterocycles. The molecule has 0 unspecified atom stereocenters. The van der Waals surface area contributed by atoms with Crippen molar-refractivity contribution in [1.82, 2.24) is 9.80 Å². The van der Waals surface area contributed by atoms with Crippen LogP contribution in [-0.4, -0.2) is 54.5 Å². The maximum Gasteiger partial charge on any atom is 0.327 e. The Morgan fingerprint density at radius 3 is 2.44 bits per heavy atom. The Hall–Kier alpha value is -1.88. The second-order valence-electron chi connectivity index (χ2n) is 7.19.